The summed E-state index contributed by atoms with van der Waals surface area (Å²) in [6.45, 7) is 18.6. The Morgan fingerprint density at radius 1 is 0.692 bits per heavy atom. The molecular weight excluding hydrogens is 1000 g/mol. The van der Waals surface area contributed by atoms with Crippen LogP contribution < -0.4 is 16.0 Å². The zero-order chi connectivity index (χ0) is 54.7. The fraction of sp³-hybridized carbons (Fsp3) is 0.500. The highest BCUT2D eigenvalue weighted by atomic mass is 28.4. The van der Waals surface area contributed by atoms with Gasteiger partial charge in [-0.3, -0.25) is 14.9 Å². The monoisotopic (exact) mass is 1080 g/mol. The second-order valence-electron chi connectivity index (χ2n) is 23.3. The Morgan fingerprint density at radius 2 is 1.21 bits per heavy atom. The third kappa shape index (κ3) is 11.8. The van der Waals surface area contributed by atoms with Crippen LogP contribution in [0.2, 0.25) is 18.1 Å². The van der Waals surface area contributed by atoms with Crippen molar-refractivity contribution < 1.29 is 24.5 Å². The van der Waals surface area contributed by atoms with Crippen LogP contribution in [0.25, 0.3) is 43.9 Å². The van der Waals surface area contributed by atoms with E-state index < -0.39 is 20.5 Å². The van der Waals surface area contributed by atoms with Gasteiger partial charge in [0.1, 0.15) is 41.4 Å². The smallest absolute Gasteiger partial charge is 0.230 e. The van der Waals surface area contributed by atoms with Crippen LogP contribution in [-0.4, -0.2) is 117 Å². The van der Waals surface area contributed by atoms with E-state index in [-0.39, 0.29) is 18.3 Å². The van der Waals surface area contributed by atoms with Crippen molar-refractivity contribution in [3.05, 3.63) is 96.1 Å². The number of nitrogens with zero attached hydrogens (tertiary/aromatic N) is 11. The van der Waals surface area contributed by atoms with Gasteiger partial charge in [-0.15, -0.1) is 0 Å². The number of aliphatic hydroxyl groups excluding tert-OH is 3. The van der Waals surface area contributed by atoms with E-state index in [9.17, 15) is 20.1 Å². The second kappa shape index (κ2) is 23.5. The zero-order valence-electron chi connectivity index (χ0n) is 46.2. The lowest BCUT2D eigenvalue weighted by Crippen LogP contribution is -2.41. The van der Waals surface area contributed by atoms with Gasteiger partial charge in [0.15, 0.2) is 8.32 Å². The minimum atomic E-state index is -1.66. The lowest BCUT2D eigenvalue weighted by atomic mass is 9.87. The molecule has 78 heavy (non-hydrogen) atoms. The van der Waals surface area contributed by atoms with Crippen LogP contribution in [0, 0.1) is 11.8 Å². The number of carbonyl (C=O) groups is 1. The predicted octanol–water partition coefficient (Wildman–Crippen LogP) is 9.92. The van der Waals surface area contributed by atoms with E-state index in [0.29, 0.717) is 73.2 Å². The van der Waals surface area contributed by atoms with E-state index >= 15 is 0 Å². The summed E-state index contributed by atoms with van der Waals surface area (Å²) in [5.41, 5.74) is 7.46. The summed E-state index contributed by atoms with van der Waals surface area (Å²) >= 11 is 0. The van der Waals surface area contributed by atoms with E-state index in [1.54, 1.807) is 0 Å². The molecule has 0 spiro atoms. The number of pyridine rings is 4. The van der Waals surface area contributed by atoms with Gasteiger partial charge >= 0.3 is 0 Å². The van der Waals surface area contributed by atoms with Gasteiger partial charge in [0, 0.05) is 91.1 Å². The van der Waals surface area contributed by atoms with E-state index in [1.807, 2.05) is 72.4 Å². The van der Waals surface area contributed by atoms with Crippen LogP contribution >= 0.6 is 0 Å². The third-order valence-corrected chi connectivity index (χ3v) is 21.2. The average molecular weight is 1080 g/mol. The quantitative estimate of drug-likeness (QED) is 0.0522. The summed E-state index contributed by atoms with van der Waals surface area (Å²) in [5, 5.41) is 44.4. The molecule has 2 aliphatic heterocycles. The number of hydrogen-bond acceptors (Lipinski definition) is 17. The van der Waals surface area contributed by atoms with Gasteiger partial charge in [-0.25, -0.2) is 19.9 Å². The number of anilines is 4. The molecule has 19 nitrogen and oxygen atoms in total. The highest BCUT2D eigenvalue weighted by Gasteiger charge is 2.37. The Balaban J connectivity index is 0.000000149. The number of aliphatic hydroxyl groups is 3. The van der Waals surface area contributed by atoms with E-state index in [0.717, 1.165) is 105 Å². The lowest BCUT2D eigenvalue weighted by molar-refractivity contribution is -0.109. The van der Waals surface area contributed by atoms with E-state index in [2.05, 4.69) is 109 Å². The Labute approximate surface area is 456 Å². The van der Waals surface area contributed by atoms with Gasteiger partial charge in [-0.05, 0) is 117 Å². The molecule has 10 heterocycles. The second-order valence-corrected chi connectivity index (χ2v) is 28.1. The average Bonchev–Trinajstić information content (AvgIpc) is 4.19. The molecule has 412 valence electrons. The number of fused-ring (bicyclic) bond motifs is 8. The zero-order valence-corrected chi connectivity index (χ0v) is 47.2. The van der Waals surface area contributed by atoms with Crippen molar-refractivity contribution in [2.24, 2.45) is 11.8 Å². The number of rotatable bonds is 11. The predicted molar refractivity (Wildman–Crippen MR) is 307 cm³/mol. The molecule has 0 aromatic carbocycles. The maximum absolute atomic E-state index is 10.6. The maximum Gasteiger partial charge on any atom is 0.230 e. The molecule has 4 aliphatic rings. The van der Waals surface area contributed by atoms with Crippen molar-refractivity contribution in [2.75, 3.05) is 43.5 Å². The van der Waals surface area contributed by atoms with Crippen LogP contribution in [0.15, 0.2) is 73.6 Å². The fourth-order valence-electron chi connectivity index (χ4n) is 11.3. The Hall–Kier alpha value is -6.39. The summed E-state index contributed by atoms with van der Waals surface area (Å²) < 4.78 is 10.2. The maximum atomic E-state index is 10.6. The molecule has 0 saturated heterocycles. The van der Waals surface area contributed by atoms with Crippen molar-refractivity contribution in [3.63, 3.8) is 0 Å². The Kier molecular flexibility index (Phi) is 16.6. The summed E-state index contributed by atoms with van der Waals surface area (Å²) in [7, 11) is -1.66. The summed E-state index contributed by atoms with van der Waals surface area (Å²) in [5.74, 6) is 3.79. The number of carbonyl (C=O) groups excluding carboxylic acids is 1. The lowest BCUT2D eigenvalue weighted by Gasteiger charge is -2.35. The van der Waals surface area contributed by atoms with Crippen molar-refractivity contribution in [1.82, 2.24) is 59.2 Å². The number of aldehydes is 1. The Bertz CT molecular complexity index is 3380. The molecule has 20 heteroatoms. The summed E-state index contributed by atoms with van der Waals surface area (Å²) in [6, 6.07) is 12.7. The number of nitrogens with one attached hydrogen (secondary N) is 3. The molecule has 2 fully saturated rings. The molecule has 2 atom stereocenters. The van der Waals surface area contributed by atoms with E-state index in [1.165, 1.54) is 25.7 Å². The van der Waals surface area contributed by atoms with Crippen LogP contribution in [0.3, 0.4) is 0 Å². The molecule has 6 N–H and O–H groups in total. The summed E-state index contributed by atoms with van der Waals surface area (Å²) in [4.78, 5) is 49.3. The van der Waals surface area contributed by atoms with Crippen molar-refractivity contribution in [1.29, 1.82) is 0 Å². The normalized spacial score (nSPS) is 21.8. The molecule has 2 aliphatic carbocycles. The number of hydrogen-bond donors (Lipinski definition) is 6. The van der Waals surface area contributed by atoms with Crippen LogP contribution in [0.4, 0.5) is 23.5 Å². The summed E-state index contributed by atoms with van der Waals surface area (Å²) in [6.07, 6.45) is 20.3. The Morgan fingerprint density at radius 3 is 1.71 bits per heavy atom. The van der Waals surface area contributed by atoms with Gasteiger partial charge in [-0.1, -0.05) is 46.8 Å². The highest BCUT2D eigenvalue weighted by molar-refractivity contribution is 6.74. The molecule has 0 bridgehead atoms. The first-order chi connectivity index (χ1) is 37.6. The van der Waals surface area contributed by atoms with E-state index in [4.69, 9.17) is 14.4 Å². The molecule has 2 unspecified atom stereocenters. The molecule has 12 rings (SSSR count). The molecular formula is C58H76N14O5Si. The van der Waals surface area contributed by atoms with Crippen molar-refractivity contribution in [3.8, 4) is 0 Å². The first-order valence-electron chi connectivity index (χ1n) is 27.8. The first kappa shape index (κ1) is 54.9. The minimum Gasteiger partial charge on any atom is -0.410 e. The topological polar surface area (TPSA) is 239 Å². The highest BCUT2D eigenvalue weighted by Crippen LogP contribution is 2.41. The minimum absolute atomic E-state index is 0.0711. The largest absolute Gasteiger partial charge is 0.410 e. The van der Waals surface area contributed by atoms with Gasteiger partial charge in [-0.2, -0.15) is 9.97 Å². The first-order valence-corrected chi connectivity index (χ1v) is 30.7. The van der Waals surface area contributed by atoms with Gasteiger partial charge < -0.3 is 49.6 Å². The fourth-order valence-corrected chi connectivity index (χ4v) is 12.2. The molecule has 8 aromatic rings. The van der Waals surface area contributed by atoms with Gasteiger partial charge in [0.25, 0.3) is 0 Å². The molecule has 2 saturated carbocycles. The van der Waals surface area contributed by atoms with Gasteiger partial charge in [0.05, 0.1) is 48.0 Å². The van der Waals surface area contributed by atoms with Crippen LogP contribution in [0.5, 0.6) is 0 Å². The SMILES string of the molecule is CC(C)(C)[Si](C)(C)OCC=O.CC1CCC(n2c3cnccc3c3cnc(Nc4ccc5c(n4)C(O)CN(CCO)C5)nc32)CC1.CC1CCC(n2c3cnccc3c3cnc(Nc4ccc5c(n4)C(O)CNC5)nc32)CC1. The van der Waals surface area contributed by atoms with Crippen LogP contribution in [-0.2, 0) is 22.3 Å². The third-order valence-electron chi connectivity index (χ3n) is 16.7. The molecule has 0 radical (unpaired) electrons. The van der Waals surface area contributed by atoms with Crippen LogP contribution in [0.1, 0.15) is 133 Å². The molecule has 0 amide bonds. The molecule has 8 aromatic heterocycles. The standard InChI is InChI=1S/C26H31N7O2.C24H27N7O.C8H18O2Si/c1-16-2-5-18(6-3-16)33-21-13-27-9-8-19(21)20-12-28-26(31-25(20)33)30-23-7-4-17-14-32(10-11-34)15-22(35)24(17)29-23;1-14-2-5-16(6-3-14)31-19-12-25-9-8-17(19)18-11-27-24(30-23(18)31)29-21-7-4-15-10-26-13-20(32)22(15)28-21;1-8(2,3)11(4,5)10-7-6-9/h4,7-9,12-13,16,18,22,34-35H,2-3,5-6,10-11,14-15H2,1H3,(H,28,29,30,31);4,7-9,11-12,14,16,20,26,32H,2-3,5-6,10,13H2,1H3,(H,27,28,29,30);6H,7H2,1-5H3. The van der Waals surface area contributed by atoms with Crippen molar-refractivity contribution in [2.45, 2.75) is 141 Å². The number of β-amino-alcohol motifs (C(OH)–C–C–N with tert-alkyl or cyclic N) is 3. The number of aromatic nitrogens is 10. The van der Waals surface area contributed by atoms with Crippen molar-refractivity contribution >= 4 is 82.0 Å². The van der Waals surface area contributed by atoms with Gasteiger partial charge in [0.2, 0.25) is 11.9 Å².